The summed E-state index contributed by atoms with van der Waals surface area (Å²) in [5.74, 6) is 1.77. The van der Waals surface area contributed by atoms with Crippen molar-refractivity contribution in [2.45, 2.75) is 26.0 Å². The number of rotatable bonds is 3. The van der Waals surface area contributed by atoms with Gasteiger partial charge in [-0.3, -0.25) is 4.90 Å². The van der Waals surface area contributed by atoms with E-state index in [1.54, 1.807) is 7.11 Å². The Hall–Kier alpha value is -0.780. The van der Waals surface area contributed by atoms with Crippen molar-refractivity contribution < 1.29 is 9.47 Å². The predicted molar refractivity (Wildman–Crippen MR) is 82.6 cm³/mol. The maximum atomic E-state index is 5.88. The standard InChI is InChI=1S/C15H21BrN2O2/c1-10-7-12-14(16)11(8-13(19-2)15(12)20-10)9-18-5-3-17-4-6-18/h8,10,17H,3-7,9H2,1-2H3. The molecular weight excluding hydrogens is 320 g/mol. The lowest BCUT2D eigenvalue weighted by molar-refractivity contribution is 0.231. The number of nitrogens with zero attached hydrogens (tertiary/aromatic N) is 1. The van der Waals surface area contributed by atoms with Crippen LogP contribution in [0.5, 0.6) is 11.5 Å². The van der Waals surface area contributed by atoms with Gasteiger partial charge < -0.3 is 14.8 Å². The molecule has 0 spiro atoms. The van der Waals surface area contributed by atoms with Crippen molar-refractivity contribution in [3.63, 3.8) is 0 Å². The monoisotopic (exact) mass is 340 g/mol. The number of hydrogen-bond acceptors (Lipinski definition) is 4. The smallest absolute Gasteiger partial charge is 0.166 e. The zero-order chi connectivity index (χ0) is 14.1. The average Bonchev–Trinajstić information content (AvgIpc) is 2.85. The lowest BCUT2D eigenvalue weighted by Gasteiger charge is -2.28. The highest BCUT2D eigenvalue weighted by atomic mass is 79.9. The number of fused-ring (bicyclic) bond motifs is 1. The number of piperazine rings is 1. The molecule has 3 rings (SSSR count). The lowest BCUT2D eigenvalue weighted by atomic mass is 10.1. The van der Waals surface area contributed by atoms with Crippen molar-refractivity contribution >= 4 is 15.9 Å². The fourth-order valence-corrected chi connectivity index (χ4v) is 3.53. The molecule has 1 saturated heterocycles. The maximum absolute atomic E-state index is 5.88. The molecule has 0 aliphatic carbocycles. The van der Waals surface area contributed by atoms with E-state index in [-0.39, 0.29) is 6.10 Å². The first-order chi connectivity index (χ1) is 9.69. The number of nitrogens with one attached hydrogen (secondary N) is 1. The van der Waals surface area contributed by atoms with Crippen molar-refractivity contribution in [1.29, 1.82) is 0 Å². The zero-order valence-corrected chi connectivity index (χ0v) is 13.6. The molecule has 1 unspecified atom stereocenters. The van der Waals surface area contributed by atoms with Gasteiger partial charge in [0.1, 0.15) is 6.10 Å². The quantitative estimate of drug-likeness (QED) is 0.914. The SMILES string of the molecule is COc1cc(CN2CCNCC2)c(Br)c2c1OC(C)C2. The number of halogens is 1. The van der Waals surface area contributed by atoms with Crippen LogP contribution in [0.2, 0.25) is 0 Å². The summed E-state index contributed by atoms with van der Waals surface area (Å²) in [5.41, 5.74) is 2.54. The predicted octanol–water partition coefficient (Wildman–Crippen LogP) is 2.19. The highest BCUT2D eigenvalue weighted by molar-refractivity contribution is 9.10. The van der Waals surface area contributed by atoms with Crippen molar-refractivity contribution in [3.8, 4) is 11.5 Å². The van der Waals surface area contributed by atoms with Crippen molar-refractivity contribution in [2.75, 3.05) is 33.3 Å². The zero-order valence-electron chi connectivity index (χ0n) is 12.0. The molecule has 1 fully saturated rings. The van der Waals surface area contributed by atoms with E-state index in [1.807, 2.05) is 0 Å². The van der Waals surface area contributed by atoms with Crippen molar-refractivity contribution in [3.05, 3.63) is 21.7 Å². The van der Waals surface area contributed by atoms with E-state index in [0.717, 1.165) is 50.6 Å². The Labute approximate surface area is 128 Å². The minimum Gasteiger partial charge on any atom is -0.493 e. The van der Waals surface area contributed by atoms with E-state index >= 15 is 0 Å². The molecule has 1 aromatic carbocycles. The van der Waals surface area contributed by atoms with Crippen LogP contribution in [0, 0.1) is 0 Å². The normalized spacial score (nSPS) is 22.4. The van der Waals surface area contributed by atoms with Gasteiger partial charge in [-0.15, -0.1) is 0 Å². The summed E-state index contributed by atoms with van der Waals surface area (Å²) in [5, 5.41) is 3.39. The van der Waals surface area contributed by atoms with Crippen molar-refractivity contribution in [2.24, 2.45) is 0 Å². The Balaban J connectivity index is 1.89. The summed E-state index contributed by atoms with van der Waals surface area (Å²) in [6.07, 6.45) is 1.17. The maximum Gasteiger partial charge on any atom is 0.166 e. The van der Waals surface area contributed by atoms with Gasteiger partial charge in [-0.05, 0) is 18.6 Å². The average molecular weight is 341 g/mol. The fraction of sp³-hybridized carbons (Fsp3) is 0.600. The number of benzene rings is 1. The third-order valence-electron chi connectivity index (χ3n) is 3.98. The second kappa shape index (κ2) is 5.92. The van der Waals surface area contributed by atoms with Crippen LogP contribution in [0.15, 0.2) is 10.5 Å². The summed E-state index contributed by atoms with van der Waals surface area (Å²) < 4.78 is 12.6. The molecule has 1 N–H and O–H groups in total. The first-order valence-electron chi connectivity index (χ1n) is 7.17. The molecule has 0 saturated carbocycles. The van der Waals surface area contributed by atoms with Crippen molar-refractivity contribution in [1.82, 2.24) is 10.2 Å². The topological polar surface area (TPSA) is 33.7 Å². The van der Waals surface area contributed by atoms with Gasteiger partial charge in [0.2, 0.25) is 0 Å². The van der Waals surface area contributed by atoms with Crippen LogP contribution >= 0.6 is 15.9 Å². The Morgan fingerprint density at radius 2 is 2.20 bits per heavy atom. The molecule has 110 valence electrons. The number of methoxy groups -OCH3 is 1. The summed E-state index contributed by atoms with van der Waals surface area (Å²) >= 11 is 3.77. The Morgan fingerprint density at radius 3 is 2.90 bits per heavy atom. The molecule has 0 bridgehead atoms. The Bertz CT molecular complexity index is 501. The summed E-state index contributed by atoms with van der Waals surface area (Å²) in [6, 6.07) is 2.11. The molecule has 5 heteroatoms. The van der Waals surface area contributed by atoms with Crippen LogP contribution < -0.4 is 14.8 Å². The van der Waals surface area contributed by atoms with E-state index < -0.39 is 0 Å². The second-order valence-corrected chi connectivity index (χ2v) is 6.31. The van der Waals surface area contributed by atoms with Crippen LogP contribution in [0.25, 0.3) is 0 Å². The molecule has 0 aromatic heterocycles. The van der Waals surface area contributed by atoms with E-state index in [1.165, 1.54) is 15.6 Å². The van der Waals surface area contributed by atoms with E-state index in [0.29, 0.717) is 0 Å². The van der Waals surface area contributed by atoms with Gasteiger partial charge in [-0.2, -0.15) is 0 Å². The van der Waals surface area contributed by atoms with Gasteiger partial charge >= 0.3 is 0 Å². The Kier molecular flexibility index (Phi) is 4.19. The molecule has 2 heterocycles. The minimum atomic E-state index is 0.227. The van der Waals surface area contributed by atoms with Crippen LogP contribution in [-0.4, -0.2) is 44.3 Å². The van der Waals surface area contributed by atoms with Gasteiger partial charge in [0.15, 0.2) is 11.5 Å². The molecule has 2 aliphatic rings. The number of ether oxygens (including phenoxy) is 2. The fourth-order valence-electron chi connectivity index (χ4n) is 2.95. The molecule has 1 atom stereocenters. The summed E-state index contributed by atoms with van der Waals surface area (Å²) in [4.78, 5) is 2.47. The number of hydrogen-bond donors (Lipinski definition) is 1. The third-order valence-corrected chi connectivity index (χ3v) is 4.97. The molecule has 0 amide bonds. The first-order valence-corrected chi connectivity index (χ1v) is 7.96. The molecular formula is C15H21BrN2O2. The van der Waals surface area contributed by atoms with Gasteiger partial charge in [0, 0.05) is 49.2 Å². The van der Waals surface area contributed by atoms with Crippen LogP contribution in [0.4, 0.5) is 0 Å². The van der Waals surface area contributed by atoms with E-state index in [2.05, 4.69) is 39.1 Å². The first kappa shape index (κ1) is 14.2. The molecule has 1 aromatic rings. The van der Waals surface area contributed by atoms with Gasteiger partial charge in [-0.25, -0.2) is 0 Å². The highest BCUT2D eigenvalue weighted by Crippen LogP contribution is 2.44. The molecule has 4 nitrogen and oxygen atoms in total. The second-order valence-electron chi connectivity index (χ2n) is 5.52. The lowest BCUT2D eigenvalue weighted by Crippen LogP contribution is -2.42. The minimum absolute atomic E-state index is 0.227. The van der Waals surface area contributed by atoms with Gasteiger partial charge in [-0.1, -0.05) is 15.9 Å². The summed E-state index contributed by atoms with van der Waals surface area (Å²) in [7, 11) is 1.71. The highest BCUT2D eigenvalue weighted by Gasteiger charge is 2.28. The molecule has 0 radical (unpaired) electrons. The van der Waals surface area contributed by atoms with E-state index in [9.17, 15) is 0 Å². The van der Waals surface area contributed by atoms with E-state index in [4.69, 9.17) is 9.47 Å². The molecule has 20 heavy (non-hydrogen) atoms. The molecule has 2 aliphatic heterocycles. The summed E-state index contributed by atoms with van der Waals surface area (Å²) in [6.45, 7) is 7.39. The van der Waals surface area contributed by atoms with Gasteiger partial charge in [0.25, 0.3) is 0 Å². The van der Waals surface area contributed by atoms with Gasteiger partial charge in [0.05, 0.1) is 7.11 Å². The largest absolute Gasteiger partial charge is 0.493 e. The Morgan fingerprint density at radius 1 is 1.45 bits per heavy atom. The van der Waals surface area contributed by atoms with Crippen LogP contribution in [0.1, 0.15) is 18.1 Å². The van der Waals surface area contributed by atoms with Crippen LogP contribution in [-0.2, 0) is 13.0 Å². The van der Waals surface area contributed by atoms with Crippen LogP contribution in [0.3, 0.4) is 0 Å². The third kappa shape index (κ3) is 2.67.